The minimum atomic E-state index is 0.481. The van der Waals surface area contributed by atoms with Gasteiger partial charge in [-0.25, -0.2) is 0 Å². The number of nitrogens with zero attached hydrogens (tertiary/aromatic N) is 1. The van der Waals surface area contributed by atoms with Gasteiger partial charge in [0.05, 0.1) is 12.6 Å². The van der Waals surface area contributed by atoms with Gasteiger partial charge in [0.1, 0.15) is 0 Å². The van der Waals surface area contributed by atoms with Crippen molar-refractivity contribution in [2.24, 2.45) is 10.9 Å². The molecule has 0 amide bonds. The van der Waals surface area contributed by atoms with E-state index >= 15 is 0 Å². The second kappa shape index (κ2) is 4.53. The van der Waals surface area contributed by atoms with Crippen molar-refractivity contribution in [3.05, 3.63) is 0 Å². The van der Waals surface area contributed by atoms with Crippen LogP contribution in [0.3, 0.4) is 0 Å². The van der Waals surface area contributed by atoms with Gasteiger partial charge in [-0.15, -0.1) is 0 Å². The van der Waals surface area contributed by atoms with Gasteiger partial charge >= 0.3 is 0 Å². The number of ether oxygens (including phenoxy) is 1. The van der Waals surface area contributed by atoms with Gasteiger partial charge in [-0.05, 0) is 20.3 Å². The Morgan fingerprint density at radius 1 is 1.64 bits per heavy atom. The highest BCUT2D eigenvalue weighted by atomic mass is 32.2. The molecule has 80 valence electrons. The minimum Gasteiger partial charge on any atom is -0.381 e. The third-order valence-electron chi connectivity index (χ3n) is 2.82. The third-order valence-corrected chi connectivity index (χ3v) is 3.97. The molecule has 0 bridgehead atoms. The van der Waals surface area contributed by atoms with Gasteiger partial charge < -0.3 is 10.1 Å². The van der Waals surface area contributed by atoms with Gasteiger partial charge in [-0.1, -0.05) is 11.8 Å². The first-order valence-electron chi connectivity index (χ1n) is 5.30. The van der Waals surface area contributed by atoms with Crippen molar-refractivity contribution in [1.82, 2.24) is 5.32 Å². The largest absolute Gasteiger partial charge is 0.381 e. The van der Waals surface area contributed by atoms with Gasteiger partial charge in [0, 0.05) is 24.3 Å². The summed E-state index contributed by atoms with van der Waals surface area (Å²) in [5.41, 5.74) is 0. The van der Waals surface area contributed by atoms with E-state index in [4.69, 9.17) is 4.74 Å². The van der Waals surface area contributed by atoms with E-state index < -0.39 is 0 Å². The van der Waals surface area contributed by atoms with Crippen molar-refractivity contribution in [1.29, 1.82) is 0 Å². The van der Waals surface area contributed by atoms with Crippen LogP contribution >= 0.6 is 11.8 Å². The van der Waals surface area contributed by atoms with E-state index in [0.29, 0.717) is 18.0 Å². The zero-order valence-corrected chi connectivity index (χ0v) is 9.64. The molecule has 3 atom stereocenters. The molecular weight excluding hydrogens is 196 g/mol. The van der Waals surface area contributed by atoms with E-state index in [9.17, 15) is 0 Å². The summed E-state index contributed by atoms with van der Waals surface area (Å²) in [5.74, 6) is 1.78. The molecule has 1 fully saturated rings. The lowest BCUT2D eigenvalue weighted by Gasteiger charge is -2.19. The van der Waals surface area contributed by atoms with Crippen LogP contribution in [-0.2, 0) is 4.74 Å². The number of thioether (sulfide) groups is 1. The predicted octanol–water partition coefficient (Wildman–Crippen LogP) is 1.49. The molecule has 4 heteroatoms. The fourth-order valence-corrected chi connectivity index (χ4v) is 2.81. The molecule has 0 aromatic rings. The quantitative estimate of drug-likeness (QED) is 0.756. The Balaban J connectivity index is 1.81. The van der Waals surface area contributed by atoms with Gasteiger partial charge in [-0.2, -0.15) is 0 Å². The van der Waals surface area contributed by atoms with E-state index in [0.717, 1.165) is 24.1 Å². The molecule has 2 aliphatic heterocycles. The summed E-state index contributed by atoms with van der Waals surface area (Å²) in [6.07, 6.45) is 1.18. The summed E-state index contributed by atoms with van der Waals surface area (Å²) in [6, 6.07) is 0.976. The van der Waals surface area contributed by atoms with Gasteiger partial charge in [0.2, 0.25) is 0 Å². The van der Waals surface area contributed by atoms with Crippen molar-refractivity contribution in [3.63, 3.8) is 0 Å². The Morgan fingerprint density at radius 3 is 3.07 bits per heavy atom. The van der Waals surface area contributed by atoms with E-state index in [1.54, 1.807) is 0 Å². The van der Waals surface area contributed by atoms with Crippen LogP contribution in [0, 0.1) is 5.92 Å². The van der Waals surface area contributed by atoms with Gasteiger partial charge in [-0.3, -0.25) is 4.99 Å². The zero-order chi connectivity index (χ0) is 9.97. The Hall–Kier alpha value is -0.220. The summed E-state index contributed by atoms with van der Waals surface area (Å²) in [4.78, 5) is 4.53. The lowest BCUT2D eigenvalue weighted by Crippen LogP contribution is -2.36. The number of rotatable bonds is 2. The molecule has 2 aliphatic rings. The topological polar surface area (TPSA) is 33.6 Å². The van der Waals surface area contributed by atoms with Crippen LogP contribution in [0.2, 0.25) is 0 Å². The molecule has 0 radical (unpaired) electrons. The van der Waals surface area contributed by atoms with Crippen LogP contribution in [0.4, 0.5) is 0 Å². The van der Waals surface area contributed by atoms with Crippen molar-refractivity contribution >= 4 is 16.9 Å². The molecule has 14 heavy (non-hydrogen) atoms. The minimum absolute atomic E-state index is 0.481. The Labute approximate surface area is 89.7 Å². The molecule has 1 saturated heterocycles. The normalized spacial score (nSPS) is 34.3. The number of aliphatic imine (C=N–C) groups is 1. The average molecular weight is 214 g/mol. The van der Waals surface area contributed by atoms with Gasteiger partial charge in [0.25, 0.3) is 0 Å². The van der Waals surface area contributed by atoms with Crippen LogP contribution < -0.4 is 5.32 Å². The molecule has 3 unspecified atom stereocenters. The molecule has 0 aliphatic carbocycles. The monoisotopic (exact) mass is 214 g/mol. The van der Waals surface area contributed by atoms with E-state index in [2.05, 4.69) is 24.2 Å². The Morgan fingerprint density at radius 2 is 2.50 bits per heavy atom. The van der Waals surface area contributed by atoms with Gasteiger partial charge in [0.15, 0.2) is 5.17 Å². The predicted molar refractivity (Wildman–Crippen MR) is 60.9 cm³/mol. The molecule has 1 N–H and O–H groups in total. The van der Waals surface area contributed by atoms with Crippen molar-refractivity contribution in [2.45, 2.75) is 32.4 Å². The summed E-state index contributed by atoms with van der Waals surface area (Å²) < 4.78 is 5.38. The first-order chi connectivity index (χ1) is 6.75. The molecule has 2 heterocycles. The second-order valence-electron chi connectivity index (χ2n) is 4.15. The fourth-order valence-electron chi connectivity index (χ4n) is 1.81. The zero-order valence-electron chi connectivity index (χ0n) is 8.82. The second-order valence-corrected chi connectivity index (χ2v) is 5.16. The first kappa shape index (κ1) is 10.3. The maximum absolute atomic E-state index is 5.38. The standard InChI is InChI=1S/C10H18N2OS/c1-7-6-14-10(11-7)12-8(2)9-3-4-13-5-9/h7-9H,3-6H2,1-2H3,(H,11,12). The third kappa shape index (κ3) is 2.42. The summed E-state index contributed by atoms with van der Waals surface area (Å²) in [6.45, 7) is 6.21. The summed E-state index contributed by atoms with van der Waals surface area (Å²) in [5, 5.41) is 4.61. The Kier molecular flexibility index (Phi) is 3.34. The highest BCUT2D eigenvalue weighted by Gasteiger charge is 2.24. The van der Waals surface area contributed by atoms with E-state index in [1.807, 2.05) is 11.8 Å². The maximum Gasteiger partial charge on any atom is 0.157 e. The lowest BCUT2D eigenvalue weighted by atomic mass is 10.0. The van der Waals surface area contributed by atoms with Crippen LogP contribution in [-0.4, -0.2) is 36.2 Å². The van der Waals surface area contributed by atoms with Crippen LogP contribution in [0.15, 0.2) is 4.99 Å². The molecule has 0 aromatic heterocycles. The van der Waals surface area contributed by atoms with Crippen molar-refractivity contribution in [3.8, 4) is 0 Å². The molecule has 0 saturated carbocycles. The first-order valence-corrected chi connectivity index (χ1v) is 6.29. The number of hydrogen-bond donors (Lipinski definition) is 1. The number of amidine groups is 1. The van der Waals surface area contributed by atoms with Crippen LogP contribution in [0.1, 0.15) is 20.3 Å². The highest BCUT2D eigenvalue weighted by molar-refractivity contribution is 8.14. The number of hydrogen-bond acceptors (Lipinski definition) is 4. The SMILES string of the molecule is CC1CSC(NC(C)C2CCOC2)=N1. The molecule has 0 spiro atoms. The maximum atomic E-state index is 5.38. The van der Waals surface area contributed by atoms with E-state index in [1.165, 1.54) is 6.42 Å². The molecule has 0 aromatic carbocycles. The molecule has 2 rings (SSSR count). The highest BCUT2D eigenvalue weighted by Crippen LogP contribution is 2.20. The van der Waals surface area contributed by atoms with E-state index in [-0.39, 0.29) is 0 Å². The fraction of sp³-hybridized carbons (Fsp3) is 0.900. The van der Waals surface area contributed by atoms with Crippen LogP contribution in [0.5, 0.6) is 0 Å². The Bertz CT molecular complexity index is 226. The van der Waals surface area contributed by atoms with Crippen molar-refractivity contribution in [2.75, 3.05) is 19.0 Å². The smallest absolute Gasteiger partial charge is 0.157 e. The molecule has 3 nitrogen and oxygen atoms in total. The average Bonchev–Trinajstić information content (AvgIpc) is 2.75. The number of nitrogens with one attached hydrogen (secondary N) is 1. The lowest BCUT2D eigenvalue weighted by molar-refractivity contribution is 0.180. The molecular formula is C10H18N2OS. The summed E-state index contributed by atoms with van der Waals surface area (Å²) in [7, 11) is 0. The van der Waals surface area contributed by atoms with Crippen molar-refractivity contribution < 1.29 is 4.74 Å². The van der Waals surface area contributed by atoms with Crippen LogP contribution in [0.25, 0.3) is 0 Å². The summed E-state index contributed by atoms with van der Waals surface area (Å²) >= 11 is 1.84.